The fraction of sp³-hybridized carbons (Fsp3) is 0.241. The molecule has 0 spiro atoms. The second-order valence-electron chi connectivity index (χ2n) is 9.34. The molecule has 0 unspecified atom stereocenters. The highest BCUT2D eigenvalue weighted by molar-refractivity contribution is 7.93. The van der Waals surface area contributed by atoms with Crippen molar-refractivity contribution in [3.05, 3.63) is 113 Å². The van der Waals surface area contributed by atoms with E-state index in [1.54, 1.807) is 5.38 Å². The van der Waals surface area contributed by atoms with E-state index in [4.69, 9.17) is 0 Å². The van der Waals surface area contributed by atoms with E-state index in [9.17, 15) is 17.6 Å². The van der Waals surface area contributed by atoms with Gasteiger partial charge in [-0.25, -0.2) is 17.8 Å². The van der Waals surface area contributed by atoms with Crippen molar-refractivity contribution >= 4 is 32.4 Å². The monoisotopic (exact) mass is 564 g/mol. The molecule has 1 aliphatic heterocycles. The summed E-state index contributed by atoms with van der Waals surface area (Å²) < 4.78 is 40.6. The molecule has 0 atom stereocenters. The highest BCUT2D eigenvalue weighted by Crippen LogP contribution is 2.29. The summed E-state index contributed by atoms with van der Waals surface area (Å²) in [5.74, 6) is -0.448. The lowest BCUT2D eigenvalue weighted by molar-refractivity contribution is -0.133. The number of thiazole rings is 1. The van der Waals surface area contributed by atoms with Gasteiger partial charge in [-0.15, -0.1) is 11.3 Å². The predicted molar refractivity (Wildman–Crippen MR) is 151 cm³/mol. The number of rotatable bonds is 9. The first-order valence-electron chi connectivity index (χ1n) is 12.7. The molecule has 3 aromatic carbocycles. The summed E-state index contributed by atoms with van der Waals surface area (Å²) >= 11 is 1.15. The maximum absolute atomic E-state index is 13.1. The molecule has 1 saturated heterocycles. The quantitative estimate of drug-likeness (QED) is 0.311. The van der Waals surface area contributed by atoms with Crippen molar-refractivity contribution in [2.75, 3.05) is 30.9 Å². The Labute approximate surface area is 232 Å². The third-order valence-corrected chi connectivity index (χ3v) is 9.05. The molecule has 4 aromatic rings. The van der Waals surface area contributed by atoms with E-state index in [2.05, 4.69) is 63.1 Å². The van der Waals surface area contributed by atoms with E-state index in [-0.39, 0.29) is 22.0 Å². The zero-order chi connectivity index (χ0) is 27.2. The minimum Gasteiger partial charge on any atom is -0.340 e. The number of hydrogen-bond donors (Lipinski definition) is 1. The average Bonchev–Trinajstić information content (AvgIpc) is 3.40. The second kappa shape index (κ2) is 12.1. The summed E-state index contributed by atoms with van der Waals surface area (Å²) in [7, 11) is -3.87. The molecule has 5 rings (SSSR count). The molecular formula is C29H29FN4O3S2. The zero-order valence-corrected chi connectivity index (χ0v) is 22.9. The van der Waals surface area contributed by atoms with Gasteiger partial charge in [0.05, 0.1) is 16.6 Å². The molecule has 0 aliphatic carbocycles. The van der Waals surface area contributed by atoms with E-state index in [1.807, 2.05) is 17.0 Å². The van der Waals surface area contributed by atoms with E-state index in [0.29, 0.717) is 31.6 Å². The van der Waals surface area contributed by atoms with Crippen molar-refractivity contribution in [3.63, 3.8) is 0 Å². The summed E-state index contributed by atoms with van der Waals surface area (Å²) in [6.45, 7) is 2.84. The number of sulfonamides is 1. The molecule has 10 heteroatoms. The second-order valence-corrected chi connectivity index (χ2v) is 11.9. The molecule has 39 heavy (non-hydrogen) atoms. The van der Waals surface area contributed by atoms with Crippen molar-refractivity contribution in [1.82, 2.24) is 14.8 Å². The van der Waals surface area contributed by atoms with E-state index in [0.717, 1.165) is 36.6 Å². The number of anilines is 1. The molecule has 0 radical (unpaired) electrons. The predicted octanol–water partition coefficient (Wildman–Crippen LogP) is 4.95. The Hall–Kier alpha value is -3.60. The number of benzene rings is 3. The molecule has 0 bridgehead atoms. The molecule has 202 valence electrons. The van der Waals surface area contributed by atoms with Gasteiger partial charge < -0.3 is 4.90 Å². The number of aromatic nitrogens is 1. The van der Waals surface area contributed by atoms with Crippen LogP contribution in [0.5, 0.6) is 0 Å². The minimum absolute atomic E-state index is 0.0447. The van der Waals surface area contributed by atoms with Gasteiger partial charge >= 0.3 is 0 Å². The van der Waals surface area contributed by atoms with Crippen molar-refractivity contribution in [2.45, 2.75) is 23.8 Å². The molecule has 1 amide bonds. The zero-order valence-electron chi connectivity index (χ0n) is 21.2. The van der Waals surface area contributed by atoms with Crippen LogP contribution in [0.15, 0.2) is 95.2 Å². The first kappa shape index (κ1) is 27.0. The molecular weight excluding hydrogens is 535 g/mol. The van der Waals surface area contributed by atoms with Gasteiger partial charge in [-0.05, 0) is 41.8 Å². The lowest BCUT2D eigenvalue weighted by atomic mass is 9.96. The van der Waals surface area contributed by atoms with Crippen LogP contribution in [0.25, 0.3) is 0 Å². The Morgan fingerprint density at radius 2 is 1.49 bits per heavy atom. The summed E-state index contributed by atoms with van der Waals surface area (Å²) in [5, 5.41) is 1.96. The fourth-order valence-electron chi connectivity index (χ4n) is 4.76. The van der Waals surface area contributed by atoms with Crippen molar-refractivity contribution < 1.29 is 17.6 Å². The van der Waals surface area contributed by atoms with Gasteiger partial charge in [-0.1, -0.05) is 60.7 Å². The van der Waals surface area contributed by atoms with Crippen LogP contribution in [0.3, 0.4) is 0 Å². The van der Waals surface area contributed by atoms with Gasteiger partial charge in [0, 0.05) is 38.0 Å². The number of nitrogens with one attached hydrogen (secondary N) is 1. The van der Waals surface area contributed by atoms with Gasteiger partial charge in [0.1, 0.15) is 5.82 Å². The van der Waals surface area contributed by atoms with Gasteiger partial charge in [0.25, 0.3) is 10.0 Å². The molecule has 0 saturated carbocycles. The van der Waals surface area contributed by atoms with Gasteiger partial charge in [0.15, 0.2) is 5.13 Å². The van der Waals surface area contributed by atoms with E-state index < -0.39 is 15.8 Å². The molecule has 1 aromatic heterocycles. The van der Waals surface area contributed by atoms with Crippen molar-refractivity contribution in [2.24, 2.45) is 0 Å². The molecule has 7 nitrogen and oxygen atoms in total. The van der Waals surface area contributed by atoms with Crippen LogP contribution in [0.4, 0.5) is 9.52 Å². The van der Waals surface area contributed by atoms with Crippen LogP contribution in [-0.2, 0) is 21.2 Å². The molecule has 1 fully saturated rings. The van der Waals surface area contributed by atoms with Crippen LogP contribution in [0.1, 0.15) is 29.3 Å². The lowest BCUT2D eigenvalue weighted by Crippen LogP contribution is -2.49. The number of piperazine rings is 1. The van der Waals surface area contributed by atoms with Crippen LogP contribution in [0, 0.1) is 5.82 Å². The normalized spacial score (nSPS) is 14.5. The minimum atomic E-state index is -3.87. The van der Waals surface area contributed by atoms with Crippen LogP contribution in [-0.4, -0.2) is 55.3 Å². The van der Waals surface area contributed by atoms with Gasteiger partial charge in [-0.3, -0.25) is 14.4 Å². The number of amides is 1. The van der Waals surface area contributed by atoms with E-state index in [1.165, 1.54) is 23.3 Å². The Bertz CT molecular complexity index is 1450. The number of nitrogens with zero attached hydrogens (tertiary/aromatic N) is 3. The third-order valence-electron chi connectivity index (χ3n) is 6.76. The Morgan fingerprint density at radius 3 is 2.08 bits per heavy atom. The summed E-state index contributed by atoms with van der Waals surface area (Å²) in [5.41, 5.74) is 3.12. The maximum Gasteiger partial charge on any atom is 0.263 e. The van der Waals surface area contributed by atoms with Crippen LogP contribution in [0.2, 0.25) is 0 Å². The maximum atomic E-state index is 13.1. The Kier molecular flexibility index (Phi) is 8.35. The summed E-state index contributed by atoms with van der Waals surface area (Å²) in [4.78, 5) is 21.6. The largest absolute Gasteiger partial charge is 0.340 e. The topological polar surface area (TPSA) is 82.6 Å². The lowest BCUT2D eigenvalue weighted by Gasteiger charge is -2.39. The summed E-state index contributed by atoms with van der Waals surface area (Å²) in [6.07, 6.45) is 0.721. The molecule has 1 N–H and O–H groups in total. The highest BCUT2D eigenvalue weighted by atomic mass is 32.2. The summed E-state index contributed by atoms with van der Waals surface area (Å²) in [6, 6.07) is 25.6. The highest BCUT2D eigenvalue weighted by Gasteiger charge is 2.28. The van der Waals surface area contributed by atoms with Crippen molar-refractivity contribution in [1.29, 1.82) is 0 Å². The van der Waals surface area contributed by atoms with E-state index >= 15 is 0 Å². The first-order valence-corrected chi connectivity index (χ1v) is 15.1. The van der Waals surface area contributed by atoms with Gasteiger partial charge in [-0.2, -0.15) is 0 Å². The standard InChI is InChI=1S/C29H29FN4O3S2/c30-24-11-14-26(15-12-24)39(36,37)32-29-31-25(21-38-29)13-16-27(35)33-17-19-34(20-18-33)28(22-7-3-1-4-8-22)23-9-5-2-6-10-23/h1-12,14-15,21,28H,13,16-20H2,(H,31,32). The third kappa shape index (κ3) is 6.70. The average molecular weight is 565 g/mol. The number of aryl methyl sites for hydroxylation is 1. The number of hydrogen-bond acceptors (Lipinski definition) is 6. The first-order chi connectivity index (χ1) is 18.9. The number of carbonyl (C=O) groups is 1. The molecule has 2 heterocycles. The van der Waals surface area contributed by atoms with Crippen LogP contribution < -0.4 is 4.72 Å². The number of carbonyl (C=O) groups excluding carboxylic acids is 1. The smallest absolute Gasteiger partial charge is 0.263 e. The Morgan fingerprint density at radius 1 is 0.897 bits per heavy atom. The molecule has 1 aliphatic rings. The fourth-order valence-corrected chi connectivity index (χ4v) is 6.76. The SMILES string of the molecule is O=C(CCc1csc(NS(=O)(=O)c2ccc(F)cc2)n1)N1CCN(C(c2ccccc2)c2ccccc2)CC1. The van der Waals surface area contributed by atoms with Crippen LogP contribution >= 0.6 is 11.3 Å². The Balaban J connectivity index is 1.15. The van der Waals surface area contributed by atoms with Crippen molar-refractivity contribution in [3.8, 4) is 0 Å². The number of halogens is 1. The van der Waals surface area contributed by atoms with Gasteiger partial charge in [0.2, 0.25) is 5.91 Å².